The van der Waals surface area contributed by atoms with Crippen molar-refractivity contribution in [2.75, 3.05) is 13.2 Å². The third-order valence-electron chi connectivity index (χ3n) is 4.31. The fraction of sp³-hybridized carbons (Fsp3) is 0.125. The van der Waals surface area contributed by atoms with Crippen LogP contribution in [0.1, 0.15) is 22.7 Å². The Hall–Kier alpha value is -3.17. The summed E-state index contributed by atoms with van der Waals surface area (Å²) in [5.41, 5.74) is 3.96. The molecule has 0 saturated heterocycles. The van der Waals surface area contributed by atoms with Gasteiger partial charge in [0, 0.05) is 0 Å². The summed E-state index contributed by atoms with van der Waals surface area (Å²) in [6.07, 6.45) is 0. The Labute approximate surface area is 160 Å². The molecule has 0 bridgehead atoms. The highest BCUT2D eigenvalue weighted by molar-refractivity contribution is 5.74. The molecule has 0 unspecified atom stereocenters. The first-order chi connectivity index (χ1) is 13.2. The van der Waals surface area contributed by atoms with E-state index in [1.165, 1.54) is 0 Å². The van der Waals surface area contributed by atoms with Gasteiger partial charge in [0.25, 0.3) is 0 Å². The lowest BCUT2D eigenvalue weighted by Crippen LogP contribution is -2.29. The third-order valence-corrected chi connectivity index (χ3v) is 4.31. The van der Waals surface area contributed by atoms with E-state index in [2.05, 4.69) is 11.9 Å². The van der Waals surface area contributed by atoms with Crippen LogP contribution in [0, 0.1) is 0 Å². The highest BCUT2D eigenvalue weighted by Gasteiger charge is 2.15. The SMILES string of the molecule is C=C(COC(=O)CNC(c1ccccc1)c1ccccc1)c1ccccc1. The number of rotatable bonds is 8. The van der Waals surface area contributed by atoms with Crippen LogP contribution in [0.2, 0.25) is 0 Å². The Kier molecular flexibility index (Phi) is 6.55. The Morgan fingerprint density at radius 3 is 1.81 bits per heavy atom. The first-order valence-electron chi connectivity index (χ1n) is 8.96. The van der Waals surface area contributed by atoms with Crippen LogP contribution in [0.3, 0.4) is 0 Å². The lowest BCUT2D eigenvalue weighted by atomic mass is 9.99. The fourth-order valence-electron chi connectivity index (χ4n) is 2.88. The molecule has 0 spiro atoms. The summed E-state index contributed by atoms with van der Waals surface area (Å²) < 4.78 is 5.38. The molecule has 0 aliphatic carbocycles. The molecule has 0 saturated carbocycles. The molecule has 136 valence electrons. The normalized spacial score (nSPS) is 10.6. The average Bonchev–Trinajstić information content (AvgIpc) is 2.74. The van der Waals surface area contributed by atoms with Crippen molar-refractivity contribution in [3.63, 3.8) is 0 Å². The summed E-state index contributed by atoms with van der Waals surface area (Å²) in [6.45, 7) is 4.30. The van der Waals surface area contributed by atoms with Crippen molar-refractivity contribution in [2.45, 2.75) is 6.04 Å². The van der Waals surface area contributed by atoms with Gasteiger partial charge in [-0.3, -0.25) is 10.1 Å². The summed E-state index contributed by atoms with van der Waals surface area (Å²) in [6, 6.07) is 29.8. The van der Waals surface area contributed by atoms with Crippen molar-refractivity contribution < 1.29 is 9.53 Å². The van der Waals surface area contributed by atoms with Crippen LogP contribution >= 0.6 is 0 Å². The lowest BCUT2D eigenvalue weighted by molar-refractivity contribution is -0.141. The van der Waals surface area contributed by atoms with E-state index in [-0.39, 0.29) is 25.2 Å². The molecule has 27 heavy (non-hydrogen) atoms. The Morgan fingerprint density at radius 1 is 0.815 bits per heavy atom. The van der Waals surface area contributed by atoms with E-state index in [4.69, 9.17) is 4.74 Å². The molecular weight excluding hydrogens is 334 g/mol. The quantitative estimate of drug-likeness (QED) is 0.598. The Bertz CT molecular complexity index is 821. The summed E-state index contributed by atoms with van der Waals surface area (Å²) >= 11 is 0. The summed E-state index contributed by atoms with van der Waals surface area (Å²) in [5.74, 6) is -0.302. The van der Waals surface area contributed by atoms with Crippen LogP contribution in [0.5, 0.6) is 0 Å². The Morgan fingerprint density at radius 2 is 1.30 bits per heavy atom. The molecule has 3 aromatic carbocycles. The smallest absolute Gasteiger partial charge is 0.320 e. The molecule has 3 rings (SSSR count). The number of carbonyl (C=O) groups excluding carboxylic acids is 1. The van der Waals surface area contributed by atoms with Gasteiger partial charge in [-0.05, 0) is 22.3 Å². The second-order valence-corrected chi connectivity index (χ2v) is 6.27. The standard InChI is InChI=1S/C24H23NO2/c1-19(20-11-5-2-6-12-20)18-27-23(26)17-25-24(21-13-7-3-8-14-21)22-15-9-4-10-16-22/h2-16,24-25H,1,17-18H2. The lowest BCUT2D eigenvalue weighted by Gasteiger charge is -2.19. The van der Waals surface area contributed by atoms with Crippen LogP contribution in [-0.2, 0) is 9.53 Å². The maximum absolute atomic E-state index is 12.2. The maximum atomic E-state index is 12.2. The monoisotopic (exact) mass is 357 g/mol. The van der Waals surface area contributed by atoms with Gasteiger partial charge >= 0.3 is 5.97 Å². The van der Waals surface area contributed by atoms with Gasteiger partial charge in [0.15, 0.2) is 0 Å². The van der Waals surface area contributed by atoms with Gasteiger partial charge in [-0.25, -0.2) is 0 Å². The zero-order chi connectivity index (χ0) is 18.9. The van der Waals surface area contributed by atoms with Gasteiger partial charge < -0.3 is 4.74 Å². The molecule has 0 amide bonds. The minimum atomic E-state index is -0.302. The number of ether oxygens (including phenoxy) is 1. The first kappa shape index (κ1) is 18.6. The van der Waals surface area contributed by atoms with Gasteiger partial charge in [-0.15, -0.1) is 0 Å². The molecule has 0 aliphatic heterocycles. The van der Waals surface area contributed by atoms with Crippen LogP contribution in [-0.4, -0.2) is 19.1 Å². The molecular formula is C24H23NO2. The van der Waals surface area contributed by atoms with E-state index in [1.807, 2.05) is 91.0 Å². The van der Waals surface area contributed by atoms with Crippen molar-refractivity contribution in [1.29, 1.82) is 0 Å². The average molecular weight is 357 g/mol. The number of hydrogen-bond donors (Lipinski definition) is 1. The van der Waals surface area contributed by atoms with Gasteiger partial charge in [0.05, 0.1) is 12.6 Å². The van der Waals surface area contributed by atoms with E-state index in [0.717, 1.165) is 22.3 Å². The first-order valence-corrected chi connectivity index (χ1v) is 8.96. The van der Waals surface area contributed by atoms with E-state index >= 15 is 0 Å². The van der Waals surface area contributed by atoms with Crippen LogP contribution in [0.15, 0.2) is 97.6 Å². The number of benzene rings is 3. The molecule has 1 N–H and O–H groups in total. The van der Waals surface area contributed by atoms with Gasteiger partial charge in [0.1, 0.15) is 6.61 Å². The van der Waals surface area contributed by atoms with Crippen molar-refractivity contribution in [3.8, 4) is 0 Å². The molecule has 3 aromatic rings. The van der Waals surface area contributed by atoms with E-state index < -0.39 is 0 Å². The number of hydrogen-bond acceptors (Lipinski definition) is 3. The molecule has 0 fully saturated rings. The number of carbonyl (C=O) groups is 1. The largest absolute Gasteiger partial charge is 0.460 e. The van der Waals surface area contributed by atoms with Crippen LogP contribution < -0.4 is 5.32 Å². The molecule has 0 aromatic heterocycles. The van der Waals surface area contributed by atoms with Gasteiger partial charge in [-0.1, -0.05) is 97.6 Å². The number of esters is 1. The fourth-order valence-corrected chi connectivity index (χ4v) is 2.88. The van der Waals surface area contributed by atoms with Crippen molar-refractivity contribution >= 4 is 11.5 Å². The van der Waals surface area contributed by atoms with E-state index in [0.29, 0.717) is 0 Å². The van der Waals surface area contributed by atoms with Crippen molar-refractivity contribution in [2.24, 2.45) is 0 Å². The van der Waals surface area contributed by atoms with Crippen LogP contribution in [0.4, 0.5) is 0 Å². The minimum absolute atomic E-state index is 0.0720. The van der Waals surface area contributed by atoms with Crippen molar-refractivity contribution in [3.05, 3.63) is 114 Å². The maximum Gasteiger partial charge on any atom is 0.320 e. The van der Waals surface area contributed by atoms with Gasteiger partial charge in [-0.2, -0.15) is 0 Å². The summed E-state index contributed by atoms with van der Waals surface area (Å²) in [7, 11) is 0. The summed E-state index contributed by atoms with van der Waals surface area (Å²) in [4.78, 5) is 12.2. The Balaban J connectivity index is 1.59. The molecule has 0 radical (unpaired) electrons. The van der Waals surface area contributed by atoms with E-state index in [1.54, 1.807) is 0 Å². The highest BCUT2D eigenvalue weighted by Crippen LogP contribution is 2.21. The topological polar surface area (TPSA) is 38.3 Å². The zero-order valence-corrected chi connectivity index (χ0v) is 15.2. The molecule has 3 heteroatoms. The zero-order valence-electron chi connectivity index (χ0n) is 15.2. The van der Waals surface area contributed by atoms with Crippen molar-refractivity contribution in [1.82, 2.24) is 5.32 Å². The van der Waals surface area contributed by atoms with E-state index in [9.17, 15) is 4.79 Å². The predicted octanol–water partition coefficient (Wildman–Crippen LogP) is 4.62. The third kappa shape index (κ3) is 5.40. The predicted molar refractivity (Wildman–Crippen MR) is 109 cm³/mol. The second-order valence-electron chi connectivity index (χ2n) is 6.27. The minimum Gasteiger partial charge on any atom is -0.460 e. The molecule has 0 atom stereocenters. The highest BCUT2D eigenvalue weighted by atomic mass is 16.5. The number of nitrogens with one attached hydrogen (secondary N) is 1. The molecule has 3 nitrogen and oxygen atoms in total. The molecule has 0 aliphatic rings. The van der Waals surface area contributed by atoms with Crippen LogP contribution in [0.25, 0.3) is 5.57 Å². The molecule has 0 heterocycles. The second kappa shape index (κ2) is 9.51. The van der Waals surface area contributed by atoms with Gasteiger partial charge in [0.2, 0.25) is 0 Å². The summed E-state index contributed by atoms with van der Waals surface area (Å²) in [5, 5.41) is 3.31.